The van der Waals surface area contributed by atoms with Crippen molar-refractivity contribution >= 4 is 27.5 Å². The minimum atomic E-state index is -0.0799. The van der Waals surface area contributed by atoms with Crippen LogP contribution >= 0.6 is 0 Å². The number of nitrogens with one attached hydrogen (secondary N) is 1. The van der Waals surface area contributed by atoms with Crippen molar-refractivity contribution in [2.24, 2.45) is 0 Å². The SMILES string of the molecule is Cc1cc2[nH]c(=O)c3c4cccnc4cn3c2cc1C. The van der Waals surface area contributed by atoms with Crippen molar-refractivity contribution in [3.05, 3.63) is 58.1 Å². The Morgan fingerprint density at radius 2 is 2.00 bits per heavy atom. The molecule has 0 aliphatic heterocycles. The molecule has 3 aromatic heterocycles. The molecule has 4 nitrogen and oxygen atoms in total. The Kier molecular flexibility index (Phi) is 2.07. The summed E-state index contributed by atoms with van der Waals surface area (Å²) in [5.74, 6) is 0. The van der Waals surface area contributed by atoms with Crippen LogP contribution in [-0.2, 0) is 0 Å². The Morgan fingerprint density at radius 1 is 1.20 bits per heavy atom. The molecule has 0 bridgehead atoms. The summed E-state index contributed by atoms with van der Waals surface area (Å²) in [5.41, 5.74) is 5.64. The standard InChI is InChI=1S/C16H13N3O/c1-9-6-12-14(7-10(9)2)19-8-13-11(4-3-5-17-13)15(19)16(20)18-12/h3-8H,1-2H3,(H,18,20). The molecular formula is C16H13N3O. The maximum Gasteiger partial charge on any atom is 0.273 e. The molecule has 4 aromatic rings. The van der Waals surface area contributed by atoms with Crippen LogP contribution in [0.2, 0.25) is 0 Å². The first-order chi connectivity index (χ1) is 9.65. The molecule has 1 aromatic carbocycles. The molecule has 0 saturated heterocycles. The van der Waals surface area contributed by atoms with Crippen molar-refractivity contribution in [1.82, 2.24) is 14.4 Å². The molecule has 1 N–H and O–H groups in total. The highest BCUT2D eigenvalue weighted by atomic mass is 16.1. The Balaban J connectivity index is 2.35. The smallest absolute Gasteiger partial charge is 0.273 e. The van der Waals surface area contributed by atoms with Crippen molar-refractivity contribution in [2.45, 2.75) is 13.8 Å². The van der Waals surface area contributed by atoms with Gasteiger partial charge in [0.2, 0.25) is 0 Å². The molecule has 3 heterocycles. The summed E-state index contributed by atoms with van der Waals surface area (Å²) in [6, 6.07) is 7.90. The van der Waals surface area contributed by atoms with Gasteiger partial charge < -0.3 is 9.38 Å². The number of aromatic amines is 1. The van der Waals surface area contributed by atoms with Crippen molar-refractivity contribution in [3.63, 3.8) is 0 Å². The van der Waals surface area contributed by atoms with Gasteiger partial charge in [-0.1, -0.05) is 0 Å². The number of benzene rings is 1. The fourth-order valence-corrected chi connectivity index (χ4v) is 2.74. The van der Waals surface area contributed by atoms with E-state index in [1.807, 2.05) is 35.7 Å². The molecule has 4 heteroatoms. The van der Waals surface area contributed by atoms with Crippen LogP contribution in [-0.4, -0.2) is 14.4 Å². The van der Waals surface area contributed by atoms with Crippen LogP contribution in [0.4, 0.5) is 0 Å². The molecule has 0 fully saturated rings. The molecule has 0 radical (unpaired) electrons. The van der Waals surface area contributed by atoms with Crippen LogP contribution in [0.1, 0.15) is 11.1 Å². The zero-order valence-corrected chi connectivity index (χ0v) is 11.3. The number of pyridine rings is 1. The third kappa shape index (κ3) is 1.36. The second-order valence-corrected chi connectivity index (χ2v) is 5.19. The van der Waals surface area contributed by atoms with Gasteiger partial charge in [-0.3, -0.25) is 9.78 Å². The third-order valence-corrected chi connectivity index (χ3v) is 3.92. The van der Waals surface area contributed by atoms with Crippen molar-refractivity contribution in [2.75, 3.05) is 0 Å². The van der Waals surface area contributed by atoms with Crippen LogP contribution in [0, 0.1) is 13.8 Å². The number of H-pyrrole nitrogens is 1. The Labute approximate surface area is 114 Å². The molecule has 0 spiro atoms. The van der Waals surface area contributed by atoms with Crippen LogP contribution < -0.4 is 5.56 Å². The monoisotopic (exact) mass is 263 g/mol. The van der Waals surface area contributed by atoms with E-state index in [0.29, 0.717) is 5.52 Å². The average Bonchev–Trinajstić information content (AvgIpc) is 2.81. The topological polar surface area (TPSA) is 50.2 Å². The Bertz CT molecular complexity index is 1040. The predicted molar refractivity (Wildman–Crippen MR) is 80.3 cm³/mol. The summed E-state index contributed by atoms with van der Waals surface area (Å²) in [5, 5.41) is 0.883. The molecule has 0 amide bonds. The Morgan fingerprint density at radius 3 is 2.85 bits per heavy atom. The van der Waals surface area contributed by atoms with Gasteiger partial charge in [-0.2, -0.15) is 0 Å². The van der Waals surface area contributed by atoms with E-state index in [2.05, 4.69) is 23.0 Å². The van der Waals surface area contributed by atoms with Crippen LogP contribution in [0.3, 0.4) is 0 Å². The maximum absolute atomic E-state index is 12.4. The van der Waals surface area contributed by atoms with Crippen molar-refractivity contribution in [1.29, 1.82) is 0 Å². The van der Waals surface area contributed by atoms with E-state index in [1.165, 1.54) is 11.1 Å². The molecule has 0 unspecified atom stereocenters. The van der Waals surface area contributed by atoms with Gasteiger partial charge in [-0.15, -0.1) is 0 Å². The summed E-state index contributed by atoms with van der Waals surface area (Å²) in [6.45, 7) is 4.12. The second-order valence-electron chi connectivity index (χ2n) is 5.19. The molecule has 0 aliphatic carbocycles. The Hall–Kier alpha value is -2.62. The minimum Gasteiger partial charge on any atom is -0.319 e. The van der Waals surface area contributed by atoms with E-state index >= 15 is 0 Å². The van der Waals surface area contributed by atoms with Gasteiger partial charge in [0.05, 0.1) is 16.6 Å². The number of hydrogen-bond acceptors (Lipinski definition) is 2. The number of aromatic nitrogens is 3. The quantitative estimate of drug-likeness (QED) is 0.530. The zero-order chi connectivity index (χ0) is 13.9. The number of nitrogens with zero attached hydrogens (tertiary/aromatic N) is 2. The molecule has 98 valence electrons. The lowest BCUT2D eigenvalue weighted by atomic mass is 10.1. The normalized spacial score (nSPS) is 11.7. The maximum atomic E-state index is 12.4. The lowest BCUT2D eigenvalue weighted by molar-refractivity contribution is 1.18. The first-order valence-corrected chi connectivity index (χ1v) is 6.54. The molecular weight excluding hydrogens is 250 g/mol. The number of rotatable bonds is 0. The van der Waals surface area contributed by atoms with Crippen molar-refractivity contribution in [3.8, 4) is 0 Å². The van der Waals surface area contributed by atoms with E-state index < -0.39 is 0 Å². The van der Waals surface area contributed by atoms with Gasteiger partial charge in [0.25, 0.3) is 5.56 Å². The molecule has 0 saturated carbocycles. The third-order valence-electron chi connectivity index (χ3n) is 3.92. The van der Waals surface area contributed by atoms with E-state index in [9.17, 15) is 4.79 Å². The molecule has 0 atom stereocenters. The largest absolute Gasteiger partial charge is 0.319 e. The van der Waals surface area contributed by atoms with Gasteiger partial charge in [0, 0.05) is 17.8 Å². The highest BCUT2D eigenvalue weighted by Gasteiger charge is 2.11. The van der Waals surface area contributed by atoms with Crippen LogP contribution in [0.15, 0.2) is 41.5 Å². The molecule has 20 heavy (non-hydrogen) atoms. The fourth-order valence-electron chi connectivity index (χ4n) is 2.74. The van der Waals surface area contributed by atoms with Crippen molar-refractivity contribution < 1.29 is 0 Å². The minimum absolute atomic E-state index is 0.0799. The second kappa shape index (κ2) is 3.70. The molecule has 4 rings (SSSR count). The lowest BCUT2D eigenvalue weighted by Gasteiger charge is -2.06. The highest BCUT2D eigenvalue weighted by Crippen LogP contribution is 2.23. The van der Waals surface area contributed by atoms with E-state index in [1.54, 1.807) is 6.20 Å². The summed E-state index contributed by atoms with van der Waals surface area (Å²) < 4.78 is 1.94. The van der Waals surface area contributed by atoms with Crippen LogP contribution in [0.5, 0.6) is 0 Å². The van der Waals surface area contributed by atoms with E-state index in [-0.39, 0.29) is 5.56 Å². The highest BCUT2D eigenvalue weighted by molar-refractivity contribution is 5.97. The summed E-state index contributed by atoms with van der Waals surface area (Å²) in [4.78, 5) is 19.7. The predicted octanol–water partition coefficient (Wildman–Crippen LogP) is 2.95. The number of fused-ring (bicyclic) bond motifs is 5. The van der Waals surface area contributed by atoms with Gasteiger partial charge in [-0.05, 0) is 49.2 Å². The zero-order valence-electron chi connectivity index (χ0n) is 11.3. The summed E-state index contributed by atoms with van der Waals surface area (Å²) in [6.07, 6.45) is 3.67. The van der Waals surface area contributed by atoms with Gasteiger partial charge in [-0.25, -0.2) is 0 Å². The van der Waals surface area contributed by atoms with E-state index in [4.69, 9.17) is 0 Å². The molecule has 0 aliphatic rings. The summed E-state index contributed by atoms with van der Waals surface area (Å²) >= 11 is 0. The number of hydrogen-bond donors (Lipinski definition) is 1. The van der Waals surface area contributed by atoms with Gasteiger partial charge in [0.15, 0.2) is 0 Å². The first-order valence-electron chi connectivity index (χ1n) is 6.54. The number of aryl methyl sites for hydroxylation is 2. The summed E-state index contributed by atoms with van der Waals surface area (Å²) in [7, 11) is 0. The van der Waals surface area contributed by atoms with Gasteiger partial charge >= 0.3 is 0 Å². The average molecular weight is 263 g/mol. The van der Waals surface area contributed by atoms with Gasteiger partial charge in [0.1, 0.15) is 5.52 Å². The van der Waals surface area contributed by atoms with Crippen LogP contribution in [0.25, 0.3) is 27.5 Å². The fraction of sp³-hybridized carbons (Fsp3) is 0.125. The lowest BCUT2D eigenvalue weighted by Crippen LogP contribution is -2.10. The first kappa shape index (κ1) is 11.2. The van der Waals surface area contributed by atoms with E-state index in [0.717, 1.165) is 21.9 Å².